The Morgan fingerprint density at radius 1 is 0.500 bits per heavy atom. The lowest BCUT2D eigenvalue weighted by Gasteiger charge is -2.41. The molecule has 0 amide bonds. The maximum Gasteiger partial charge on any atom is 0.397 e. The van der Waals surface area contributed by atoms with Gasteiger partial charge in [0.05, 0.1) is 19.8 Å². The molecule has 78 heavy (non-hydrogen) atoms. The number of allylic oxidation sites excluding steroid dienone is 14. The van der Waals surface area contributed by atoms with Crippen LogP contribution in [0, 0.1) is 0 Å². The second-order valence-electron chi connectivity index (χ2n) is 21.3. The van der Waals surface area contributed by atoms with Crippen LogP contribution in [0.4, 0.5) is 0 Å². The van der Waals surface area contributed by atoms with Gasteiger partial charge >= 0.3 is 16.4 Å². The zero-order valence-electron chi connectivity index (χ0n) is 49.2. The van der Waals surface area contributed by atoms with Crippen LogP contribution in [0.2, 0.25) is 0 Å². The molecule has 6 unspecified atom stereocenters. The monoisotopic (exact) mass is 1120 g/mol. The summed E-state index contributed by atoms with van der Waals surface area (Å²) >= 11 is 0. The van der Waals surface area contributed by atoms with Crippen molar-refractivity contribution in [2.45, 2.75) is 295 Å². The highest BCUT2D eigenvalue weighted by Crippen LogP contribution is 2.26. The van der Waals surface area contributed by atoms with Crippen LogP contribution in [-0.4, -0.2) is 97.5 Å². The van der Waals surface area contributed by atoms with E-state index >= 15 is 0 Å². The van der Waals surface area contributed by atoms with Crippen LogP contribution in [0.3, 0.4) is 0 Å². The zero-order valence-corrected chi connectivity index (χ0v) is 50.0. The van der Waals surface area contributed by atoms with Crippen molar-refractivity contribution < 1.29 is 56.2 Å². The van der Waals surface area contributed by atoms with Crippen molar-refractivity contribution in [2.24, 2.45) is 0 Å². The number of carbonyl (C=O) groups is 1. The van der Waals surface area contributed by atoms with E-state index in [0.717, 1.165) is 89.9 Å². The Balaban J connectivity index is 2.28. The standard InChI is InChI=1S/C65H114O12S/c1-3-5-7-9-11-13-15-17-19-21-23-25-27-29-31-33-35-37-39-41-43-45-47-49-51-53-55-73-57-59(58-74-65-63(69)64(77-78(70,71)72)62(68)60(56-66)76-65)75-61(67)54-52-50-48-46-44-42-40-38-36-34-32-30-28-26-24-22-20-18-16-14-12-10-8-6-4-2/h5,7,11,13,17,19,22-25,29,31,35,37,59-60,62-66,68-69H,3-4,6,8-10,12,14-16,18,20-21,26-28,30,32-34,36,38-58H2,1-2H3,(H,70,71,72)/b7-5-,13-11-,19-17-,24-22-,25-23-,31-29-,37-35-. The smallest absolute Gasteiger partial charge is 0.397 e. The highest BCUT2D eigenvalue weighted by molar-refractivity contribution is 7.80. The molecule has 1 heterocycles. The van der Waals surface area contributed by atoms with E-state index in [2.05, 4.69) is 103 Å². The third kappa shape index (κ3) is 47.0. The van der Waals surface area contributed by atoms with E-state index in [9.17, 15) is 33.1 Å². The number of unbranched alkanes of at least 4 members (excludes halogenated alkanes) is 28. The van der Waals surface area contributed by atoms with Crippen LogP contribution >= 0.6 is 0 Å². The molecule has 0 radical (unpaired) electrons. The molecule has 1 aliphatic rings. The van der Waals surface area contributed by atoms with Crippen molar-refractivity contribution in [2.75, 3.05) is 26.4 Å². The lowest BCUT2D eigenvalue weighted by molar-refractivity contribution is -0.301. The number of aliphatic hydroxyl groups excluding tert-OH is 3. The molecule has 0 aromatic carbocycles. The van der Waals surface area contributed by atoms with E-state index < -0.39 is 59.8 Å². The van der Waals surface area contributed by atoms with Gasteiger partial charge in [0.25, 0.3) is 0 Å². The minimum atomic E-state index is -5.08. The number of hydrogen-bond donors (Lipinski definition) is 4. The Kier molecular flexibility index (Phi) is 51.5. The molecule has 0 aliphatic carbocycles. The number of aliphatic hydroxyl groups is 3. The van der Waals surface area contributed by atoms with Crippen molar-refractivity contribution in [3.63, 3.8) is 0 Å². The minimum Gasteiger partial charge on any atom is -0.457 e. The number of esters is 1. The molecular formula is C65H114O12S. The van der Waals surface area contributed by atoms with Crippen molar-refractivity contribution >= 4 is 16.4 Å². The highest BCUT2D eigenvalue weighted by Gasteiger charge is 2.48. The quantitative estimate of drug-likeness (QED) is 0.0196. The van der Waals surface area contributed by atoms with Gasteiger partial charge in [-0.05, 0) is 89.9 Å². The van der Waals surface area contributed by atoms with E-state index in [0.29, 0.717) is 13.0 Å². The summed E-state index contributed by atoms with van der Waals surface area (Å²) in [7, 11) is -5.08. The van der Waals surface area contributed by atoms with Crippen molar-refractivity contribution in [1.82, 2.24) is 0 Å². The Morgan fingerprint density at radius 2 is 0.885 bits per heavy atom. The second-order valence-corrected chi connectivity index (χ2v) is 22.3. The van der Waals surface area contributed by atoms with Crippen LogP contribution in [-0.2, 0) is 38.3 Å². The molecule has 1 saturated heterocycles. The normalized spacial score (nSPS) is 19.0. The molecule has 1 fully saturated rings. The molecule has 6 atom stereocenters. The Morgan fingerprint density at radius 3 is 1.31 bits per heavy atom. The molecule has 0 spiro atoms. The predicted octanol–water partition coefficient (Wildman–Crippen LogP) is 16.3. The van der Waals surface area contributed by atoms with Gasteiger partial charge in [0, 0.05) is 13.0 Å². The molecule has 12 nitrogen and oxygen atoms in total. The maximum atomic E-state index is 13.0. The Hall–Kier alpha value is -2.72. The molecule has 0 aromatic rings. The van der Waals surface area contributed by atoms with Gasteiger partial charge in [0.2, 0.25) is 0 Å². The van der Waals surface area contributed by atoms with E-state index in [1.807, 2.05) is 0 Å². The predicted molar refractivity (Wildman–Crippen MR) is 322 cm³/mol. The van der Waals surface area contributed by atoms with Crippen LogP contribution < -0.4 is 0 Å². The van der Waals surface area contributed by atoms with Gasteiger partial charge in [-0.25, -0.2) is 4.18 Å². The maximum absolute atomic E-state index is 13.0. The number of hydrogen-bond acceptors (Lipinski definition) is 11. The Labute approximate surface area is 476 Å². The van der Waals surface area contributed by atoms with Gasteiger partial charge in [-0.2, -0.15) is 8.42 Å². The molecular weight excluding hydrogens is 1000 g/mol. The molecule has 0 bridgehead atoms. The average molecular weight is 1120 g/mol. The summed E-state index contributed by atoms with van der Waals surface area (Å²) in [6.07, 6.45) is 66.2. The fourth-order valence-corrected chi connectivity index (χ4v) is 9.83. The van der Waals surface area contributed by atoms with E-state index in [4.69, 9.17) is 18.9 Å². The van der Waals surface area contributed by atoms with Gasteiger partial charge in [-0.3, -0.25) is 9.35 Å². The van der Waals surface area contributed by atoms with E-state index in [-0.39, 0.29) is 19.6 Å². The number of carbonyl (C=O) groups excluding carboxylic acids is 1. The summed E-state index contributed by atoms with van der Waals surface area (Å²) in [6.45, 7) is 3.88. The van der Waals surface area contributed by atoms with Gasteiger partial charge < -0.3 is 34.3 Å². The lowest BCUT2D eigenvalue weighted by atomic mass is 9.99. The van der Waals surface area contributed by atoms with Crippen LogP contribution in [0.1, 0.15) is 258 Å². The van der Waals surface area contributed by atoms with Gasteiger partial charge in [-0.15, -0.1) is 0 Å². The topological polar surface area (TPSA) is 178 Å². The highest BCUT2D eigenvalue weighted by atomic mass is 32.3. The molecule has 0 saturated carbocycles. The van der Waals surface area contributed by atoms with Crippen molar-refractivity contribution in [3.8, 4) is 0 Å². The lowest BCUT2D eigenvalue weighted by Crippen LogP contribution is -2.60. The molecule has 0 aromatic heterocycles. The average Bonchev–Trinajstić information content (AvgIpc) is 3.42. The SMILES string of the molecule is CC/C=C\C/C=C\C/C=C\C/C=C\C/C=C\C/C=C\CCCCCCCCCOCC(COC1OC(CO)C(O)C(OS(=O)(=O)O)C1O)OC(=O)CCCCCCCCCCCCCCC/C=C\CCCCCCCCCC. The fraction of sp³-hybridized carbons (Fsp3) is 0.769. The molecule has 452 valence electrons. The second kappa shape index (κ2) is 54.8. The van der Waals surface area contributed by atoms with Crippen LogP contribution in [0.25, 0.3) is 0 Å². The molecule has 1 aliphatic heterocycles. The molecule has 4 N–H and O–H groups in total. The van der Waals surface area contributed by atoms with E-state index in [1.165, 1.54) is 141 Å². The minimum absolute atomic E-state index is 0.0250. The zero-order chi connectivity index (χ0) is 56.7. The van der Waals surface area contributed by atoms with Gasteiger partial charge in [0.15, 0.2) is 6.29 Å². The first-order valence-electron chi connectivity index (χ1n) is 31.3. The third-order valence-electron chi connectivity index (χ3n) is 14.0. The Bertz CT molecular complexity index is 1670. The molecule has 1 rings (SSSR count). The van der Waals surface area contributed by atoms with Crippen LogP contribution in [0.15, 0.2) is 85.1 Å². The first kappa shape index (κ1) is 73.3. The fourth-order valence-electron chi connectivity index (χ4n) is 9.32. The van der Waals surface area contributed by atoms with Gasteiger partial charge in [-0.1, -0.05) is 247 Å². The summed E-state index contributed by atoms with van der Waals surface area (Å²) in [5.74, 6) is -0.403. The van der Waals surface area contributed by atoms with Crippen LogP contribution in [0.5, 0.6) is 0 Å². The third-order valence-corrected chi connectivity index (χ3v) is 14.5. The molecule has 13 heteroatoms. The van der Waals surface area contributed by atoms with Crippen molar-refractivity contribution in [3.05, 3.63) is 85.1 Å². The van der Waals surface area contributed by atoms with Crippen molar-refractivity contribution in [1.29, 1.82) is 0 Å². The summed E-state index contributed by atoms with van der Waals surface area (Å²) in [5.41, 5.74) is 0. The summed E-state index contributed by atoms with van der Waals surface area (Å²) < 4.78 is 59.5. The largest absolute Gasteiger partial charge is 0.457 e. The summed E-state index contributed by atoms with van der Waals surface area (Å²) in [5, 5.41) is 30.9. The summed E-state index contributed by atoms with van der Waals surface area (Å²) in [6, 6.07) is 0. The first-order chi connectivity index (χ1) is 38.1. The van der Waals surface area contributed by atoms with E-state index in [1.54, 1.807) is 0 Å². The number of rotatable bonds is 55. The number of ether oxygens (including phenoxy) is 4. The van der Waals surface area contributed by atoms with Gasteiger partial charge in [0.1, 0.15) is 30.5 Å². The summed E-state index contributed by atoms with van der Waals surface area (Å²) in [4.78, 5) is 13.0. The first-order valence-corrected chi connectivity index (χ1v) is 32.7.